The van der Waals surface area contributed by atoms with E-state index in [4.69, 9.17) is 4.42 Å². The third kappa shape index (κ3) is 4.92. The smallest absolute Gasteiger partial charge is 0.234 e. The van der Waals surface area contributed by atoms with Crippen molar-refractivity contribution in [1.82, 2.24) is 15.2 Å². The van der Waals surface area contributed by atoms with E-state index in [9.17, 15) is 13.2 Å². The molecule has 1 aliphatic rings. The maximum atomic E-state index is 12.2. The minimum absolute atomic E-state index is 0.0328. The molecule has 1 aromatic heterocycles. The van der Waals surface area contributed by atoms with E-state index in [0.717, 1.165) is 5.56 Å². The Morgan fingerprint density at radius 1 is 1.35 bits per heavy atom. The molecule has 1 saturated heterocycles. The molecule has 2 aromatic rings. The fraction of sp³-hybridized carbons (Fsp3) is 0.444. The maximum Gasteiger partial charge on any atom is 0.234 e. The third-order valence-corrected chi connectivity index (χ3v) is 6.15. The summed E-state index contributed by atoms with van der Waals surface area (Å²) in [6.07, 6.45) is 2.17. The van der Waals surface area contributed by atoms with Crippen molar-refractivity contribution in [2.24, 2.45) is 0 Å². The van der Waals surface area contributed by atoms with Gasteiger partial charge in [-0.15, -0.1) is 0 Å². The van der Waals surface area contributed by atoms with E-state index < -0.39 is 9.84 Å². The average molecular weight is 377 g/mol. The van der Waals surface area contributed by atoms with Crippen LogP contribution in [-0.2, 0) is 21.2 Å². The molecule has 1 N–H and O–H groups in total. The first-order valence-corrected chi connectivity index (χ1v) is 10.5. The summed E-state index contributed by atoms with van der Waals surface area (Å²) in [5, 5.41) is 2.81. The van der Waals surface area contributed by atoms with Crippen molar-refractivity contribution < 1.29 is 17.6 Å². The average Bonchev–Trinajstić information content (AvgIpc) is 3.21. The van der Waals surface area contributed by atoms with Crippen LogP contribution in [0.1, 0.15) is 19.2 Å². The van der Waals surface area contributed by atoms with Crippen molar-refractivity contribution >= 4 is 15.7 Å². The van der Waals surface area contributed by atoms with Crippen LogP contribution >= 0.6 is 0 Å². The highest BCUT2D eigenvalue weighted by Gasteiger charge is 2.29. The normalized spacial score (nSPS) is 18.9. The maximum absolute atomic E-state index is 12.2. The summed E-state index contributed by atoms with van der Waals surface area (Å²) < 4.78 is 28.7. The molecule has 1 unspecified atom stereocenters. The Bertz CT molecular complexity index is 848. The molecule has 1 aliphatic heterocycles. The van der Waals surface area contributed by atoms with E-state index in [-0.39, 0.29) is 30.0 Å². The first-order valence-electron chi connectivity index (χ1n) is 8.67. The highest BCUT2D eigenvalue weighted by atomic mass is 32.2. The van der Waals surface area contributed by atoms with Crippen LogP contribution in [0.2, 0.25) is 0 Å². The SMILES string of the molecule is CCN(CC(=O)NC1CCS(=O)(=O)C1)Cc1ncc(-c2ccccc2)o1. The molecule has 140 valence electrons. The molecule has 0 spiro atoms. The summed E-state index contributed by atoms with van der Waals surface area (Å²) in [6.45, 7) is 3.20. The molecule has 8 heteroatoms. The molecule has 2 heterocycles. The molecule has 0 saturated carbocycles. The van der Waals surface area contributed by atoms with Gasteiger partial charge in [0.25, 0.3) is 0 Å². The Morgan fingerprint density at radius 3 is 2.77 bits per heavy atom. The van der Waals surface area contributed by atoms with Crippen LogP contribution in [0.5, 0.6) is 0 Å². The number of oxazole rings is 1. The number of rotatable bonds is 7. The second kappa shape index (κ2) is 8.01. The molecule has 1 atom stereocenters. The monoisotopic (exact) mass is 377 g/mol. The number of nitrogens with one attached hydrogen (secondary N) is 1. The number of nitrogens with zero attached hydrogens (tertiary/aromatic N) is 2. The third-order valence-electron chi connectivity index (χ3n) is 4.38. The van der Waals surface area contributed by atoms with E-state index in [1.165, 1.54) is 0 Å². The lowest BCUT2D eigenvalue weighted by Gasteiger charge is -2.19. The predicted octanol–water partition coefficient (Wildman–Crippen LogP) is 1.47. The topological polar surface area (TPSA) is 92.5 Å². The molecule has 0 aliphatic carbocycles. The van der Waals surface area contributed by atoms with Gasteiger partial charge in [-0.05, 0) is 13.0 Å². The van der Waals surface area contributed by atoms with Gasteiger partial charge in [0.15, 0.2) is 15.6 Å². The standard InChI is InChI=1S/C18H23N3O4S/c1-2-21(11-17(22)20-15-8-9-26(23,24)13-15)12-18-19-10-16(25-18)14-6-4-3-5-7-14/h3-7,10,15H,2,8-9,11-13H2,1H3,(H,20,22). The van der Waals surface area contributed by atoms with E-state index in [0.29, 0.717) is 31.2 Å². The molecule has 0 radical (unpaired) electrons. The van der Waals surface area contributed by atoms with Crippen molar-refractivity contribution in [2.75, 3.05) is 24.6 Å². The van der Waals surface area contributed by atoms with Gasteiger partial charge in [-0.25, -0.2) is 13.4 Å². The van der Waals surface area contributed by atoms with Gasteiger partial charge in [0.05, 0.1) is 30.8 Å². The lowest BCUT2D eigenvalue weighted by molar-refractivity contribution is -0.122. The number of benzene rings is 1. The van der Waals surface area contributed by atoms with Crippen LogP contribution in [0, 0.1) is 0 Å². The number of likely N-dealkylation sites (N-methyl/N-ethyl adjacent to an activating group) is 1. The van der Waals surface area contributed by atoms with Crippen molar-refractivity contribution in [1.29, 1.82) is 0 Å². The number of amides is 1. The van der Waals surface area contributed by atoms with E-state index in [1.54, 1.807) is 6.20 Å². The Hall–Kier alpha value is -2.19. The van der Waals surface area contributed by atoms with Crippen molar-refractivity contribution in [3.05, 3.63) is 42.4 Å². The van der Waals surface area contributed by atoms with Gasteiger partial charge in [-0.3, -0.25) is 9.69 Å². The lowest BCUT2D eigenvalue weighted by atomic mass is 10.2. The molecule has 1 amide bonds. The van der Waals surface area contributed by atoms with Crippen LogP contribution in [0.3, 0.4) is 0 Å². The van der Waals surface area contributed by atoms with Crippen LogP contribution in [-0.4, -0.2) is 54.8 Å². The van der Waals surface area contributed by atoms with Crippen LogP contribution in [0.25, 0.3) is 11.3 Å². The number of hydrogen-bond acceptors (Lipinski definition) is 6. The number of hydrogen-bond donors (Lipinski definition) is 1. The Kier molecular flexibility index (Phi) is 5.73. The summed E-state index contributed by atoms with van der Waals surface area (Å²) in [7, 11) is -3.00. The van der Waals surface area contributed by atoms with Gasteiger partial charge in [0.1, 0.15) is 0 Å². The zero-order chi connectivity index (χ0) is 18.6. The molecule has 1 fully saturated rings. The van der Waals surface area contributed by atoms with Gasteiger partial charge in [-0.1, -0.05) is 37.3 Å². The fourth-order valence-electron chi connectivity index (χ4n) is 2.98. The van der Waals surface area contributed by atoms with E-state index >= 15 is 0 Å². The van der Waals surface area contributed by atoms with Crippen LogP contribution < -0.4 is 5.32 Å². The van der Waals surface area contributed by atoms with Crippen molar-refractivity contribution in [3.8, 4) is 11.3 Å². The quantitative estimate of drug-likeness (QED) is 0.785. The summed E-state index contributed by atoms with van der Waals surface area (Å²) in [6, 6.07) is 9.43. The van der Waals surface area contributed by atoms with Crippen molar-refractivity contribution in [2.45, 2.75) is 25.9 Å². The molecular weight excluding hydrogens is 354 g/mol. The Labute approximate surface area is 153 Å². The minimum atomic E-state index is -3.00. The fourth-order valence-corrected chi connectivity index (χ4v) is 4.65. The number of sulfone groups is 1. The number of aromatic nitrogens is 1. The zero-order valence-electron chi connectivity index (χ0n) is 14.7. The van der Waals surface area contributed by atoms with Gasteiger partial charge in [0, 0.05) is 11.6 Å². The van der Waals surface area contributed by atoms with E-state index in [1.807, 2.05) is 42.2 Å². The number of carbonyl (C=O) groups is 1. The molecule has 26 heavy (non-hydrogen) atoms. The highest BCUT2D eigenvalue weighted by molar-refractivity contribution is 7.91. The first-order chi connectivity index (χ1) is 12.4. The largest absolute Gasteiger partial charge is 0.439 e. The van der Waals surface area contributed by atoms with Gasteiger partial charge in [0.2, 0.25) is 11.8 Å². The van der Waals surface area contributed by atoms with Gasteiger partial charge in [-0.2, -0.15) is 0 Å². The molecule has 7 nitrogen and oxygen atoms in total. The summed E-state index contributed by atoms with van der Waals surface area (Å²) >= 11 is 0. The second-order valence-corrected chi connectivity index (χ2v) is 8.68. The number of carbonyl (C=O) groups excluding carboxylic acids is 1. The van der Waals surface area contributed by atoms with Gasteiger partial charge < -0.3 is 9.73 Å². The van der Waals surface area contributed by atoms with Crippen LogP contribution in [0.15, 0.2) is 40.9 Å². The summed E-state index contributed by atoms with van der Waals surface area (Å²) in [4.78, 5) is 18.4. The lowest BCUT2D eigenvalue weighted by Crippen LogP contribution is -2.42. The minimum Gasteiger partial charge on any atom is -0.439 e. The van der Waals surface area contributed by atoms with E-state index in [2.05, 4.69) is 10.3 Å². The molecular formula is C18H23N3O4S. The highest BCUT2D eigenvalue weighted by Crippen LogP contribution is 2.20. The van der Waals surface area contributed by atoms with Crippen molar-refractivity contribution in [3.63, 3.8) is 0 Å². The first kappa shape index (κ1) is 18.6. The second-order valence-electron chi connectivity index (χ2n) is 6.46. The Balaban J connectivity index is 1.55. The zero-order valence-corrected chi connectivity index (χ0v) is 15.5. The summed E-state index contributed by atoms with van der Waals surface area (Å²) in [5.41, 5.74) is 0.953. The summed E-state index contributed by atoms with van der Waals surface area (Å²) in [5.74, 6) is 1.24. The molecule has 1 aromatic carbocycles. The predicted molar refractivity (Wildman–Crippen MR) is 98.1 cm³/mol. The molecule has 0 bridgehead atoms. The van der Waals surface area contributed by atoms with Crippen LogP contribution in [0.4, 0.5) is 0 Å². The molecule has 3 rings (SSSR count). The Morgan fingerprint density at radius 2 is 2.12 bits per heavy atom. The van der Waals surface area contributed by atoms with Gasteiger partial charge >= 0.3 is 0 Å².